The quantitative estimate of drug-likeness (QED) is 0.674. The highest BCUT2D eigenvalue weighted by Gasteiger charge is 2.06. The van der Waals surface area contributed by atoms with Crippen molar-refractivity contribution in [3.05, 3.63) is 29.3 Å². The van der Waals surface area contributed by atoms with E-state index in [1.54, 1.807) is 0 Å². The number of nitrogens with one attached hydrogen (secondary N) is 2. The Hall–Kier alpha value is -1.55. The monoisotopic (exact) mass is 264 g/mol. The van der Waals surface area contributed by atoms with E-state index < -0.39 is 0 Å². The molecule has 0 spiro atoms. The number of anilines is 1. The Morgan fingerprint density at radius 2 is 1.89 bits per heavy atom. The van der Waals surface area contributed by atoms with Crippen LogP contribution in [0, 0.1) is 13.8 Å². The fourth-order valence-electron chi connectivity index (χ4n) is 1.92. The fourth-order valence-corrected chi connectivity index (χ4v) is 1.92. The Labute approximate surface area is 116 Å². The van der Waals surface area contributed by atoms with Crippen molar-refractivity contribution >= 4 is 11.7 Å². The molecule has 4 N–H and O–H groups in total. The lowest BCUT2D eigenvalue weighted by Crippen LogP contribution is -2.88. The topological polar surface area (TPSA) is 57.7 Å². The molecule has 1 aromatic rings. The van der Waals surface area contributed by atoms with E-state index in [-0.39, 0.29) is 6.03 Å². The molecule has 19 heavy (non-hydrogen) atoms. The second kappa shape index (κ2) is 7.79. The number of nitrogens with two attached hydrogens (primary N) is 1. The highest BCUT2D eigenvalue weighted by Crippen LogP contribution is 2.18. The minimum atomic E-state index is -0.123. The van der Waals surface area contributed by atoms with Crippen LogP contribution < -0.4 is 16.0 Å². The van der Waals surface area contributed by atoms with Crippen molar-refractivity contribution in [1.29, 1.82) is 0 Å². The summed E-state index contributed by atoms with van der Waals surface area (Å²) in [4.78, 5) is 11.8. The first-order chi connectivity index (χ1) is 9.00. The number of benzene rings is 1. The Bertz CT molecular complexity index is 396. The van der Waals surface area contributed by atoms with Gasteiger partial charge in [0.25, 0.3) is 0 Å². The van der Waals surface area contributed by atoms with Crippen LogP contribution in [0.15, 0.2) is 18.2 Å². The predicted octanol–water partition coefficient (Wildman–Crippen LogP) is 1.79. The Morgan fingerprint density at radius 3 is 2.47 bits per heavy atom. The summed E-state index contributed by atoms with van der Waals surface area (Å²) in [5.74, 6) is 0. The van der Waals surface area contributed by atoms with Gasteiger partial charge in [0.15, 0.2) is 0 Å². The van der Waals surface area contributed by atoms with Gasteiger partial charge in [0.05, 0.1) is 12.6 Å². The van der Waals surface area contributed by atoms with Crippen molar-refractivity contribution in [1.82, 2.24) is 5.32 Å². The zero-order valence-corrected chi connectivity index (χ0v) is 12.4. The first kappa shape index (κ1) is 15.5. The number of aryl methyl sites for hydroxylation is 2. The molecule has 0 aliphatic heterocycles. The van der Waals surface area contributed by atoms with E-state index in [0.29, 0.717) is 12.6 Å². The normalized spacial score (nSPS) is 10.6. The number of quaternary nitrogens is 1. The van der Waals surface area contributed by atoms with Gasteiger partial charge in [-0.3, -0.25) is 0 Å². The standard InChI is InChI=1S/C15H25N3O/c1-11(2)16-9-6-10-17-15(19)18-14-12(3)7-5-8-13(14)4/h5,7-8,11,16H,6,9-10H2,1-4H3,(H2,17,18,19)/p+1. The zero-order chi connectivity index (χ0) is 14.3. The molecular formula is C15H26N3O+. The van der Waals surface area contributed by atoms with Crippen LogP contribution in [0.25, 0.3) is 0 Å². The molecule has 0 bridgehead atoms. The summed E-state index contributed by atoms with van der Waals surface area (Å²) in [6.07, 6.45) is 0.984. The lowest BCUT2D eigenvalue weighted by atomic mass is 10.1. The molecule has 0 aromatic heterocycles. The number of para-hydroxylation sites is 1. The molecule has 106 valence electrons. The van der Waals surface area contributed by atoms with E-state index >= 15 is 0 Å². The third kappa shape index (κ3) is 5.75. The van der Waals surface area contributed by atoms with Crippen LogP contribution in [0.3, 0.4) is 0 Å². The predicted molar refractivity (Wildman–Crippen MR) is 79.5 cm³/mol. The number of urea groups is 1. The van der Waals surface area contributed by atoms with Crippen LogP contribution in [0.2, 0.25) is 0 Å². The first-order valence-corrected chi connectivity index (χ1v) is 6.95. The maximum atomic E-state index is 11.8. The van der Waals surface area contributed by atoms with E-state index in [4.69, 9.17) is 0 Å². The van der Waals surface area contributed by atoms with E-state index in [0.717, 1.165) is 29.8 Å². The lowest BCUT2D eigenvalue weighted by Gasteiger charge is -2.12. The van der Waals surface area contributed by atoms with Gasteiger partial charge in [0.2, 0.25) is 0 Å². The molecule has 0 unspecified atom stereocenters. The summed E-state index contributed by atoms with van der Waals surface area (Å²) < 4.78 is 0. The van der Waals surface area contributed by atoms with Crippen molar-refractivity contribution in [3.8, 4) is 0 Å². The summed E-state index contributed by atoms with van der Waals surface area (Å²) in [5, 5.41) is 8.08. The summed E-state index contributed by atoms with van der Waals surface area (Å²) in [6.45, 7) is 10.1. The van der Waals surface area contributed by atoms with Crippen molar-refractivity contribution in [2.75, 3.05) is 18.4 Å². The minimum Gasteiger partial charge on any atom is -0.344 e. The molecule has 4 nitrogen and oxygen atoms in total. The number of carbonyl (C=O) groups is 1. The number of carbonyl (C=O) groups excluding carboxylic acids is 1. The second-order valence-corrected chi connectivity index (χ2v) is 5.27. The van der Waals surface area contributed by atoms with Crippen molar-refractivity contribution < 1.29 is 10.1 Å². The Morgan fingerprint density at radius 1 is 1.26 bits per heavy atom. The number of hydrogen-bond acceptors (Lipinski definition) is 1. The van der Waals surface area contributed by atoms with Gasteiger partial charge in [-0.15, -0.1) is 0 Å². The first-order valence-electron chi connectivity index (χ1n) is 6.95. The van der Waals surface area contributed by atoms with E-state index in [1.165, 1.54) is 0 Å². The third-order valence-corrected chi connectivity index (χ3v) is 3.02. The summed E-state index contributed by atoms with van der Waals surface area (Å²) in [5.41, 5.74) is 3.08. The fraction of sp³-hybridized carbons (Fsp3) is 0.533. The van der Waals surface area contributed by atoms with Crippen LogP contribution in [-0.4, -0.2) is 25.2 Å². The molecule has 0 radical (unpaired) electrons. The molecule has 1 aromatic carbocycles. The molecule has 2 amide bonds. The van der Waals surface area contributed by atoms with E-state index in [2.05, 4.69) is 29.8 Å². The summed E-state index contributed by atoms with van der Waals surface area (Å²) >= 11 is 0. The molecule has 0 saturated carbocycles. The molecular weight excluding hydrogens is 238 g/mol. The van der Waals surface area contributed by atoms with Gasteiger partial charge in [-0.1, -0.05) is 18.2 Å². The van der Waals surface area contributed by atoms with Crippen LogP contribution in [0.1, 0.15) is 31.4 Å². The van der Waals surface area contributed by atoms with Crippen molar-refractivity contribution in [2.24, 2.45) is 0 Å². The molecule has 0 aliphatic carbocycles. The van der Waals surface area contributed by atoms with Crippen LogP contribution in [0.4, 0.5) is 10.5 Å². The Kier molecular flexibility index (Phi) is 6.36. The second-order valence-electron chi connectivity index (χ2n) is 5.27. The maximum absolute atomic E-state index is 11.8. The van der Waals surface area contributed by atoms with Crippen molar-refractivity contribution in [3.63, 3.8) is 0 Å². The molecule has 0 aliphatic rings. The SMILES string of the molecule is Cc1cccc(C)c1NC(=O)NCCC[NH2+]C(C)C. The highest BCUT2D eigenvalue weighted by molar-refractivity contribution is 5.90. The molecule has 0 atom stereocenters. The van der Waals surface area contributed by atoms with Gasteiger partial charge in [0.1, 0.15) is 0 Å². The number of amides is 2. The van der Waals surface area contributed by atoms with Gasteiger partial charge in [0, 0.05) is 18.7 Å². The largest absolute Gasteiger partial charge is 0.344 e. The van der Waals surface area contributed by atoms with Crippen LogP contribution >= 0.6 is 0 Å². The molecule has 0 heterocycles. The minimum absolute atomic E-state index is 0.123. The maximum Gasteiger partial charge on any atom is 0.319 e. The average Bonchev–Trinajstić information content (AvgIpc) is 2.33. The summed E-state index contributed by atoms with van der Waals surface area (Å²) in [6, 6.07) is 6.49. The zero-order valence-electron chi connectivity index (χ0n) is 12.4. The van der Waals surface area contributed by atoms with Crippen LogP contribution in [0.5, 0.6) is 0 Å². The molecule has 1 rings (SSSR count). The van der Waals surface area contributed by atoms with Gasteiger partial charge < -0.3 is 16.0 Å². The number of rotatable bonds is 6. The van der Waals surface area contributed by atoms with Gasteiger partial charge in [-0.25, -0.2) is 4.79 Å². The van der Waals surface area contributed by atoms with Crippen molar-refractivity contribution in [2.45, 2.75) is 40.2 Å². The lowest BCUT2D eigenvalue weighted by molar-refractivity contribution is -0.682. The number of hydrogen-bond donors (Lipinski definition) is 3. The highest BCUT2D eigenvalue weighted by atomic mass is 16.2. The molecule has 0 fully saturated rings. The third-order valence-electron chi connectivity index (χ3n) is 3.02. The Balaban J connectivity index is 2.32. The van der Waals surface area contributed by atoms with Crippen LogP contribution in [-0.2, 0) is 0 Å². The smallest absolute Gasteiger partial charge is 0.319 e. The average molecular weight is 264 g/mol. The molecule has 0 saturated heterocycles. The van der Waals surface area contributed by atoms with Gasteiger partial charge in [-0.2, -0.15) is 0 Å². The molecule has 4 heteroatoms. The van der Waals surface area contributed by atoms with E-state index in [9.17, 15) is 4.79 Å². The summed E-state index contributed by atoms with van der Waals surface area (Å²) in [7, 11) is 0. The van der Waals surface area contributed by atoms with Gasteiger partial charge in [-0.05, 0) is 38.8 Å². The van der Waals surface area contributed by atoms with Gasteiger partial charge >= 0.3 is 6.03 Å². The van der Waals surface area contributed by atoms with E-state index in [1.807, 2.05) is 32.0 Å².